The average Bonchev–Trinajstić information content (AvgIpc) is 2.37. The monoisotopic (exact) mass is 277 g/mol. The SMILES string of the molecule is CC1CN(c2cc(C(F)(F)F)nc(NN)n2)CCO1. The highest BCUT2D eigenvalue weighted by Gasteiger charge is 2.34. The van der Waals surface area contributed by atoms with Crippen molar-refractivity contribution in [2.45, 2.75) is 19.2 Å². The number of nitrogens with one attached hydrogen (secondary N) is 1. The number of hydrogen-bond donors (Lipinski definition) is 2. The maximum absolute atomic E-state index is 12.7. The number of ether oxygens (including phenoxy) is 1. The lowest BCUT2D eigenvalue weighted by Crippen LogP contribution is -2.41. The van der Waals surface area contributed by atoms with E-state index in [1.807, 2.05) is 6.92 Å². The summed E-state index contributed by atoms with van der Waals surface area (Å²) >= 11 is 0. The molecule has 0 radical (unpaired) electrons. The Bertz CT molecular complexity index is 453. The molecule has 1 atom stereocenters. The Hall–Kier alpha value is -1.61. The summed E-state index contributed by atoms with van der Waals surface area (Å²) in [6, 6.07) is 0.916. The quantitative estimate of drug-likeness (QED) is 0.620. The number of morpholine rings is 1. The molecule has 0 bridgehead atoms. The van der Waals surface area contributed by atoms with Gasteiger partial charge in [0, 0.05) is 19.2 Å². The Balaban J connectivity index is 2.34. The number of hydrogen-bond acceptors (Lipinski definition) is 6. The fourth-order valence-electron chi connectivity index (χ4n) is 1.83. The van der Waals surface area contributed by atoms with Crippen molar-refractivity contribution in [1.29, 1.82) is 0 Å². The van der Waals surface area contributed by atoms with Crippen molar-refractivity contribution in [1.82, 2.24) is 9.97 Å². The summed E-state index contributed by atoms with van der Waals surface area (Å²) in [5.41, 5.74) is 1.03. The van der Waals surface area contributed by atoms with Crippen LogP contribution in [-0.4, -0.2) is 35.8 Å². The summed E-state index contributed by atoms with van der Waals surface area (Å²) in [5, 5.41) is 0. The molecule has 3 N–H and O–H groups in total. The standard InChI is InChI=1S/C10H14F3N5O/c1-6-5-18(2-3-19-6)8-4-7(10(11,12)13)15-9(16-8)17-14/h4,6H,2-3,5,14H2,1H3,(H,15,16,17). The van der Waals surface area contributed by atoms with Gasteiger partial charge in [0.05, 0.1) is 12.7 Å². The van der Waals surface area contributed by atoms with E-state index in [9.17, 15) is 13.2 Å². The lowest BCUT2D eigenvalue weighted by Gasteiger charge is -2.32. The minimum absolute atomic E-state index is 0.0627. The van der Waals surface area contributed by atoms with Crippen molar-refractivity contribution in [3.63, 3.8) is 0 Å². The first-order valence-corrected chi connectivity index (χ1v) is 5.69. The smallest absolute Gasteiger partial charge is 0.375 e. The Morgan fingerprint density at radius 1 is 1.47 bits per heavy atom. The number of aromatic nitrogens is 2. The van der Waals surface area contributed by atoms with E-state index in [0.29, 0.717) is 19.7 Å². The highest BCUT2D eigenvalue weighted by Crippen LogP contribution is 2.30. The number of halogens is 3. The van der Waals surface area contributed by atoms with Crippen molar-refractivity contribution < 1.29 is 17.9 Å². The molecule has 1 aliphatic heterocycles. The van der Waals surface area contributed by atoms with E-state index in [-0.39, 0.29) is 17.9 Å². The summed E-state index contributed by atoms with van der Waals surface area (Å²) < 4.78 is 43.5. The zero-order chi connectivity index (χ0) is 14.0. The first-order chi connectivity index (χ1) is 8.90. The van der Waals surface area contributed by atoms with Crippen molar-refractivity contribution in [3.8, 4) is 0 Å². The van der Waals surface area contributed by atoms with E-state index in [0.717, 1.165) is 6.07 Å². The van der Waals surface area contributed by atoms with Crippen LogP contribution in [0.2, 0.25) is 0 Å². The number of hydrazine groups is 1. The van der Waals surface area contributed by atoms with Gasteiger partial charge >= 0.3 is 6.18 Å². The molecule has 0 spiro atoms. The van der Waals surface area contributed by atoms with Crippen LogP contribution in [0, 0.1) is 0 Å². The highest BCUT2D eigenvalue weighted by molar-refractivity contribution is 5.45. The van der Waals surface area contributed by atoms with Crippen molar-refractivity contribution >= 4 is 11.8 Å². The highest BCUT2D eigenvalue weighted by atomic mass is 19.4. The molecule has 1 saturated heterocycles. The largest absolute Gasteiger partial charge is 0.433 e. The van der Waals surface area contributed by atoms with E-state index in [1.165, 1.54) is 0 Å². The third kappa shape index (κ3) is 3.24. The van der Waals surface area contributed by atoms with E-state index < -0.39 is 11.9 Å². The number of alkyl halides is 3. The van der Waals surface area contributed by atoms with Gasteiger partial charge in [-0.05, 0) is 6.92 Å². The van der Waals surface area contributed by atoms with Crippen LogP contribution in [0.5, 0.6) is 0 Å². The summed E-state index contributed by atoms with van der Waals surface area (Å²) in [5.74, 6) is 5.03. The van der Waals surface area contributed by atoms with Gasteiger partial charge in [0.2, 0.25) is 5.95 Å². The van der Waals surface area contributed by atoms with E-state index in [2.05, 4.69) is 15.4 Å². The molecular formula is C10H14F3N5O. The molecule has 1 aromatic heterocycles. The summed E-state index contributed by atoms with van der Waals surface area (Å²) in [4.78, 5) is 8.97. The normalized spacial score (nSPS) is 20.5. The molecule has 1 fully saturated rings. The molecule has 0 aliphatic carbocycles. The molecule has 0 amide bonds. The third-order valence-electron chi connectivity index (χ3n) is 2.70. The zero-order valence-electron chi connectivity index (χ0n) is 10.2. The van der Waals surface area contributed by atoms with Crippen LogP contribution in [0.1, 0.15) is 12.6 Å². The van der Waals surface area contributed by atoms with Gasteiger partial charge in [0.1, 0.15) is 5.82 Å². The fraction of sp³-hybridized carbons (Fsp3) is 0.600. The van der Waals surface area contributed by atoms with Crippen LogP contribution in [-0.2, 0) is 10.9 Å². The number of nitrogen functional groups attached to an aromatic ring is 1. The topological polar surface area (TPSA) is 76.3 Å². The molecule has 6 nitrogen and oxygen atoms in total. The predicted octanol–water partition coefficient (Wildman–Crippen LogP) is 1.01. The first-order valence-electron chi connectivity index (χ1n) is 5.69. The molecule has 1 aliphatic rings. The van der Waals surface area contributed by atoms with Gasteiger partial charge in [-0.25, -0.2) is 10.8 Å². The Kier molecular flexibility index (Phi) is 3.76. The fourth-order valence-corrected chi connectivity index (χ4v) is 1.83. The maximum atomic E-state index is 12.7. The van der Waals surface area contributed by atoms with Crippen LogP contribution in [0.25, 0.3) is 0 Å². The van der Waals surface area contributed by atoms with Crippen LogP contribution < -0.4 is 16.2 Å². The van der Waals surface area contributed by atoms with Gasteiger partial charge in [-0.2, -0.15) is 18.2 Å². The second-order valence-electron chi connectivity index (χ2n) is 4.20. The number of nitrogens with zero attached hydrogens (tertiary/aromatic N) is 3. The van der Waals surface area contributed by atoms with Crippen molar-refractivity contribution in [2.75, 3.05) is 30.0 Å². The summed E-state index contributed by atoms with van der Waals surface area (Å²) in [6.07, 6.45) is -4.60. The predicted molar refractivity (Wildman–Crippen MR) is 62.5 cm³/mol. The summed E-state index contributed by atoms with van der Waals surface area (Å²) in [6.45, 7) is 3.24. The molecule has 1 aromatic rings. The molecule has 0 saturated carbocycles. The second-order valence-corrected chi connectivity index (χ2v) is 4.20. The lowest BCUT2D eigenvalue weighted by atomic mass is 10.3. The molecule has 9 heteroatoms. The van der Waals surface area contributed by atoms with Crippen LogP contribution in [0.4, 0.5) is 24.9 Å². The van der Waals surface area contributed by atoms with Gasteiger partial charge in [-0.3, -0.25) is 5.43 Å². The molecule has 0 aromatic carbocycles. The summed E-state index contributed by atoms with van der Waals surface area (Å²) in [7, 11) is 0. The lowest BCUT2D eigenvalue weighted by molar-refractivity contribution is -0.141. The van der Waals surface area contributed by atoms with Gasteiger partial charge < -0.3 is 9.64 Å². The Morgan fingerprint density at radius 2 is 2.21 bits per heavy atom. The maximum Gasteiger partial charge on any atom is 0.433 e. The number of rotatable bonds is 2. The molecule has 2 heterocycles. The van der Waals surface area contributed by atoms with Crippen molar-refractivity contribution in [3.05, 3.63) is 11.8 Å². The van der Waals surface area contributed by atoms with E-state index in [4.69, 9.17) is 10.6 Å². The van der Waals surface area contributed by atoms with Crippen LogP contribution in [0.3, 0.4) is 0 Å². The van der Waals surface area contributed by atoms with E-state index >= 15 is 0 Å². The Labute approximate surface area is 107 Å². The molecular weight excluding hydrogens is 263 g/mol. The van der Waals surface area contributed by atoms with Gasteiger partial charge in [-0.15, -0.1) is 0 Å². The van der Waals surface area contributed by atoms with Crippen molar-refractivity contribution in [2.24, 2.45) is 5.84 Å². The van der Waals surface area contributed by atoms with Gasteiger partial charge in [0.15, 0.2) is 5.69 Å². The van der Waals surface area contributed by atoms with Crippen LogP contribution >= 0.6 is 0 Å². The third-order valence-corrected chi connectivity index (χ3v) is 2.70. The van der Waals surface area contributed by atoms with E-state index in [1.54, 1.807) is 4.90 Å². The zero-order valence-corrected chi connectivity index (χ0v) is 10.2. The Morgan fingerprint density at radius 3 is 2.79 bits per heavy atom. The molecule has 106 valence electrons. The molecule has 2 rings (SSSR count). The van der Waals surface area contributed by atoms with Crippen LogP contribution in [0.15, 0.2) is 6.07 Å². The van der Waals surface area contributed by atoms with Gasteiger partial charge in [-0.1, -0.05) is 0 Å². The number of nitrogens with two attached hydrogens (primary N) is 1. The average molecular weight is 277 g/mol. The molecule has 1 unspecified atom stereocenters. The first kappa shape index (κ1) is 13.8. The molecule has 19 heavy (non-hydrogen) atoms. The second kappa shape index (κ2) is 5.17. The minimum Gasteiger partial charge on any atom is -0.375 e. The minimum atomic E-state index is -4.54. The number of anilines is 2. The van der Waals surface area contributed by atoms with Gasteiger partial charge in [0.25, 0.3) is 0 Å².